The van der Waals surface area contributed by atoms with E-state index in [-0.39, 0.29) is 18.2 Å². The molecule has 0 aliphatic carbocycles. The number of aliphatic hydroxyl groups is 1. The minimum atomic E-state index is -3.12. The van der Waals surface area contributed by atoms with Crippen LogP contribution in [0, 0.1) is 0 Å². The number of benzene rings is 2. The molecule has 7 nitrogen and oxygen atoms in total. The van der Waals surface area contributed by atoms with Gasteiger partial charge in [-0.3, -0.25) is 4.79 Å². The Morgan fingerprint density at radius 3 is 2.67 bits per heavy atom. The van der Waals surface area contributed by atoms with Gasteiger partial charge >= 0.3 is 0 Å². The Bertz CT molecular complexity index is 1090. The van der Waals surface area contributed by atoms with Gasteiger partial charge < -0.3 is 15.4 Å². The van der Waals surface area contributed by atoms with Crippen LogP contribution in [-0.2, 0) is 9.84 Å². The summed E-state index contributed by atoms with van der Waals surface area (Å²) in [6, 6.07) is 12.8. The lowest BCUT2D eigenvalue weighted by Gasteiger charge is -2.07. The number of hydrogen-bond donors (Lipinski definition) is 3. The third kappa shape index (κ3) is 4.72. The number of nitrogens with one attached hydrogen (secondary N) is 2. The Balaban J connectivity index is 1.82. The first-order valence-corrected chi connectivity index (χ1v) is 10.5. The lowest BCUT2D eigenvalue weighted by Crippen LogP contribution is -2.28. The lowest BCUT2D eigenvalue weighted by molar-refractivity contribution is 0.0956. The number of aliphatic hydroxyl groups excluding tert-OH is 1. The Morgan fingerprint density at radius 1 is 1.22 bits per heavy atom. The number of imidazole rings is 1. The minimum absolute atomic E-state index is 0.0735. The van der Waals surface area contributed by atoms with E-state index in [1.54, 1.807) is 25.1 Å². The highest BCUT2D eigenvalue weighted by molar-refractivity contribution is 7.90. The summed E-state index contributed by atoms with van der Waals surface area (Å²) in [5.41, 5.74) is 3.75. The zero-order chi connectivity index (χ0) is 19.6. The summed E-state index contributed by atoms with van der Waals surface area (Å²) in [7, 11) is -3.12. The van der Waals surface area contributed by atoms with Gasteiger partial charge in [-0.2, -0.15) is 0 Å². The van der Waals surface area contributed by atoms with Crippen LogP contribution in [0.5, 0.6) is 0 Å². The highest BCUT2D eigenvalue weighted by Crippen LogP contribution is 2.25. The van der Waals surface area contributed by atoms with Crippen molar-refractivity contribution in [1.29, 1.82) is 0 Å². The van der Waals surface area contributed by atoms with Crippen molar-refractivity contribution < 1.29 is 18.3 Å². The predicted molar refractivity (Wildman–Crippen MR) is 104 cm³/mol. The molecule has 3 aromatic rings. The van der Waals surface area contributed by atoms with Crippen molar-refractivity contribution in [2.24, 2.45) is 0 Å². The van der Waals surface area contributed by atoms with Gasteiger partial charge in [-0.1, -0.05) is 18.2 Å². The summed E-state index contributed by atoms with van der Waals surface area (Å²) < 4.78 is 22.3. The number of carbonyl (C=O) groups excluding carboxylic acids is 1. The molecule has 1 heterocycles. The third-order valence-electron chi connectivity index (χ3n) is 4.11. The van der Waals surface area contributed by atoms with E-state index in [0.29, 0.717) is 11.4 Å². The second kappa shape index (κ2) is 7.50. The van der Waals surface area contributed by atoms with E-state index in [4.69, 9.17) is 0 Å². The van der Waals surface area contributed by atoms with Gasteiger partial charge in [0, 0.05) is 18.4 Å². The molecule has 0 aliphatic heterocycles. The normalized spacial score (nSPS) is 12.9. The molecule has 0 aliphatic rings. The molecule has 2 aromatic carbocycles. The molecular weight excluding hydrogens is 366 g/mol. The maximum atomic E-state index is 12.3. The SMILES string of the molecule is C[C@@H](O)c1nc2ccc(-c3cccc(C(=O)NCCS(C)(=O)=O)c3)cc2[nH]1. The Kier molecular flexibility index (Phi) is 5.29. The minimum Gasteiger partial charge on any atom is -0.385 e. The van der Waals surface area contributed by atoms with Crippen LogP contribution in [0.3, 0.4) is 0 Å². The highest BCUT2D eigenvalue weighted by Gasteiger charge is 2.11. The van der Waals surface area contributed by atoms with E-state index in [1.807, 2.05) is 24.3 Å². The number of fused-ring (bicyclic) bond motifs is 1. The van der Waals surface area contributed by atoms with E-state index in [1.165, 1.54) is 0 Å². The molecule has 3 rings (SSSR count). The number of carbonyl (C=O) groups is 1. The van der Waals surface area contributed by atoms with Crippen molar-refractivity contribution in [3.05, 3.63) is 53.9 Å². The Morgan fingerprint density at radius 2 is 1.96 bits per heavy atom. The van der Waals surface area contributed by atoms with Crippen molar-refractivity contribution in [1.82, 2.24) is 15.3 Å². The molecule has 8 heteroatoms. The third-order valence-corrected chi connectivity index (χ3v) is 5.06. The molecule has 1 atom stereocenters. The van der Waals surface area contributed by atoms with Crippen LogP contribution in [0.1, 0.15) is 29.2 Å². The molecule has 0 saturated heterocycles. The molecule has 27 heavy (non-hydrogen) atoms. The first kappa shape index (κ1) is 19.1. The van der Waals surface area contributed by atoms with Crippen molar-refractivity contribution in [3.8, 4) is 11.1 Å². The maximum Gasteiger partial charge on any atom is 0.251 e. The maximum absolute atomic E-state index is 12.3. The van der Waals surface area contributed by atoms with Gasteiger partial charge in [0.2, 0.25) is 0 Å². The number of hydrogen-bond acceptors (Lipinski definition) is 5. The van der Waals surface area contributed by atoms with E-state index < -0.39 is 15.9 Å². The van der Waals surface area contributed by atoms with Gasteiger partial charge in [0.25, 0.3) is 5.91 Å². The average molecular weight is 387 g/mol. The van der Waals surface area contributed by atoms with Crippen molar-refractivity contribution >= 4 is 26.8 Å². The Labute approximate surface area is 157 Å². The molecule has 0 spiro atoms. The van der Waals surface area contributed by atoms with Gasteiger partial charge in [0.05, 0.1) is 16.8 Å². The topological polar surface area (TPSA) is 112 Å². The van der Waals surface area contributed by atoms with Crippen LogP contribution in [0.2, 0.25) is 0 Å². The zero-order valence-electron chi connectivity index (χ0n) is 15.1. The van der Waals surface area contributed by atoms with Crippen molar-refractivity contribution in [2.75, 3.05) is 18.6 Å². The van der Waals surface area contributed by atoms with Crippen LogP contribution >= 0.6 is 0 Å². The fourth-order valence-corrected chi connectivity index (χ4v) is 3.17. The van der Waals surface area contributed by atoms with E-state index in [0.717, 1.165) is 28.4 Å². The molecule has 142 valence electrons. The van der Waals surface area contributed by atoms with E-state index in [2.05, 4.69) is 15.3 Å². The quantitative estimate of drug-likeness (QED) is 0.599. The molecule has 0 saturated carbocycles. The number of aromatic nitrogens is 2. The van der Waals surface area contributed by atoms with E-state index in [9.17, 15) is 18.3 Å². The first-order chi connectivity index (χ1) is 12.7. The van der Waals surface area contributed by atoms with Crippen LogP contribution in [0.15, 0.2) is 42.5 Å². The second-order valence-electron chi connectivity index (χ2n) is 6.50. The summed E-state index contributed by atoms with van der Waals surface area (Å²) in [6.07, 6.45) is 0.453. The number of nitrogens with zero attached hydrogens (tertiary/aromatic N) is 1. The molecule has 0 bridgehead atoms. The molecule has 1 aromatic heterocycles. The zero-order valence-corrected chi connectivity index (χ0v) is 15.9. The summed E-state index contributed by atoms with van der Waals surface area (Å²) in [4.78, 5) is 19.7. The van der Waals surface area contributed by atoms with E-state index >= 15 is 0 Å². The van der Waals surface area contributed by atoms with Crippen molar-refractivity contribution in [3.63, 3.8) is 0 Å². The average Bonchev–Trinajstić information content (AvgIpc) is 3.04. The highest BCUT2D eigenvalue weighted by atomic mass is 32.2. The molecular formula is C19H21N3O4S. The second-order valence-corrected chi connectivity index (χ2v) is 8.76. The Hall–Kier alpha value is -2.71. The number of sulfone groups is 1. The molecule has 0 fully saturated rings. The van der Waals surface area contributed by atoms with Crippen molar-refractivity contribution in [2.45, 2.75) is 13.0 Å². The van der Waals surface area contributed by atoms with Crippen LogP contribution in [0.25, 0.3) is 22.2 Å². The monoisotopic (exact) mass is 387 g/mol. The largest absolute Gasteiger partial charge is 0.385 e. The molecule has 0 unspecified atom stereocenters. The number of aromatic amines is 1. The van der Waals surface area contributed by atoms with Gasteiger partial charge in [-0.15, -0.1) is 0 Å². The lowest BCUT2D eigenvalue weighted by atomic mass is 10.0. The predicted octanol–water partition coefficient (Wildman–Crippen LogP) is 2.06. The van der Waals surface area contributed by atoms with Gasteiger partial charge in [0.15, 0.2) is 0 Å². The number of rotatable bonds is 6. The van der Waals surface area contributed by atoms with Crippen LogP contribution < -0.4 is 5.32 Å². The number of amides is 1. The summed E-state index contributed by atoms with van der Waals surface area (Å²) in [6.45, 7) is 1.72. The molecule has 0 radical (unpaired) electrons. The van der Waals surface area contributed by atoms with Crippen LogP contribution in [0.4, 0.5) is 0 Å². The standard InChI is InChI=1S/C19H21N3O4S/c1-12(23)18-21-16-7-6-14(11-17(16)22-18)13-4-3-5-15(10-13)19(24)20-8-9-27(2,25)26/h3-7,10-12,23H,8-9H2,1-2H3,(H,20,24)(H,21,22)/t12-/m1/s1. The fraction of sp³-hybridized carbons (Fsp3) is 0.263. The molecule has 3 N–H and O–H groups in total. The summed E-state index contributed by atoms with van der Waals surface area (Å²) in [5.74, 6) is 0.0845. The van der Waals surface area contributed by atoms with Gasteiger partial charge in [0.1, 0.15) is 21.8 Å². The summed E-state index contributed by atoms with van der Waals surface area (Å²) in [5, 5.41) is 12.3. The van der Waals surface area contributed by atoms with Gasteiger partial charge in [-0.05, 0) is 42.3 Å². The summed E-state index contributed by atoms with van der Waals surface area (Å²) >= 11 is 0. The number of H-pyrrole nitrogens is 1. The molecule has 1 amide bonds. The fourth-order valence-electron chi connectivity index (χ4n) is 2.70. The van der Waals surface area contributed by atoms with Crippen LogP contribution in [-0.4, -0.2) is 48.0 Å². The smallest absolute Gasteiger partial charge is 0.251 e. The van der Waals surface area contributed by atoms with Gasteiger partial charge in [-0.25, -0.2) is 13.4 Å². The first-order valence-electron chi connectivity index (χ1n) is 8.47.